The van der Waals surface area contributed by atoms with Crippen LogP contribution in [0.5, 0.6) is 0 Å². The molecule has 94 valence electrons. The number of hydrogen-bond acceptors (Lipinski definition) is 5. The lowest BCUT2D eigenvalue weighted by Crippen LogP contribution is -2.03. The zero-order valence-corrected chi connectivity index (χ0v) is 10.3. The van der Waals surface area contributed by atoms with Gasteiger partial charge in [-0.1, -0.05) is 23.7 Å². The highest BCUT2D eigenvalue weighted by Gasteiger charge is 2.16. The van der Waals surface area contributed by atoms with Gasteiger partial charge in [0.1, 0.15) is 5.02 Å². The van der Waals surface area contributed by atoms with Gasteiger partial charge in [0.2, 0.25) is 0 Å². The Balaban J connectivity index is 2.57. The van der Waals surface area contributed by atoms with Crippen LogP contribution in [0.1, 0.15) is 12.6 Å². The van der Waals surface area contributed by atoms with Gasteiger partial charge in [-0.05, 0) is 18.6 Å². The molecule has 2 aromatic rings. The molecule has 0 fully saturated rings. The van der Waals surface area contributed by atoms with Gasteiger partial charge in [0.15, 0.2) is 5.82 Å². The van der Waals surface area contributed by atoms with Gasteiger partial charge < -0.3 is 5.73 Å². The number of hydrogen-bond donors (Lipinski definition) is 1. The summed E-state index contributed by atoms with van der Waals surface area (Å²) in [6, 6.07) is 4.42. The van der Waals surface area contributed by atoms with Crippen LogP contribution in [0.25, 0.3) is 5.69 Å². The van der Waals surface area contributed by atoms with E-state index in [1.165, 1.54) is 16.8 Å². The lowest BCUT2D eigenvalue weighted by Gasteiger charge is -2.05. The fourth-order valence-electron chi connectivity index (χ4n) is 1.62. The maximum atomic E-state index is 10.8. The second-order valence-corrected chi connectivity index (χ2v) is 3.99. The van der Waals surface area contributed by atoms with E-state index in [-0.39, 0.29) is 10.7 Å². The van der Waals surface area contributed by atoms with E-state index in [4.69, 9.17) is 17.3 Å². The standard InChI is InChI=1S/C10H10ClN5O2/c1-2-8-10(12)13-14-15(8)6-3-4-7(11)9(5-6)16(17)18/h3-5H,2,12H2,1H3. The Bertz CT molecular complexity index is 610. The van der Waals surface area contributed by atoms with E-state index in [2.05, 4.69) is 10.3 Å². The number of nitrogen functional groups attached to an aromatic ring is 1. The van der Waals surface area contributed by atoms with Crippen LogP contribution in [0.4, 0.5) is 11.5 Å². The summed E-state index contributed by atoms with van der Waals surface area (Å²) >= 11 is 5.75. The first-order valence-electron chi connectivity index (χ1n) is 5.19. The highest BCUT2D eigenvalue weighted by atomic mass is 35.5. The van der Waals surface area contributed by atoms with Gasteiger partial charge in [0, 0.05) is 6.07 Å². The van der Waals surface area contributed by atoms with Crippen molar-refractivity contribution in [1.29, 1.82) is 0 Å². The van der Waals surface area contributed by atoms with Crippen molar-refractivity contribution in [2.75, 3.05) is 5.73 Å². The molecule has 0 aliphatic heterocycles. The Labute approximate surface area is 107 Å². The second kappa shape index (κ2) is 4.61. The minimum Gasteiger partial charge on any atom is -0.381 e. The van der Waals surface area contributed by atoms with Crippen LogP contribution in [0.2, 0.25) is 5.02 Å². The van der Waals surface area contributed by atoms with Gasteiger partial charge in [-0.2, -0.15) is 0 Å². The second-order valence-electron chi connectivity index (χ2n) is 3.58. The van der Waals surface area contributed by atoms with Gasteiger partial charge in [-0.3, -0.25) is 10.1 Å². The number of nitro groups is 1. The van der Waals surface area contributed by atoms with Crippen molar-refractivity contribution in [3.05, 3.63) is 39.0 Å². The maximum absolute atomic E-state index is 10.8. The number of anilines is 1. The summed E-state index contributed by atoms with van der Waals surface area (Å²) < 4.78 is 1.47. The lowest BCUT2D eigenvalue weighted by atomic mass is 10.2. The Morgan fingerprint density at radius 2 is 2.28 bits per heavy atom. The molecule has 7 nitrogen and oxygen atoms in total. The molecule has 0 aliphatic carbocycles. The van der Waals surface area contributed by atoms with Crippen molar-refractivity contribution in [2.24, 2.45) is 0 Å². The Hall–Kier alpha value is -2.15. The van der Waals surface area contributed by atoms with Crippen LogP contribution < -0.4 is 5.73 Å². The molecule has 0 amide bonds. The highest BCUT2D eigenvalue weighted by molar-refractivity contribution is 6.32. The van der Waals surface area contributed by atoms with Gasteiger partial charge >= 0.3 is 0 Å². The smallest absolute Gasteiger partial charge is 0.290 e. The van der Waals surface area contributed by atoms with Gasteiger partial charge in [-0.25, -0.2) is 4.68 Å². The molecule has 0 aliphatic rings. The molecular formula is C10H10ClN5O2. The van der Waals surface area contributed by atoms with E-state index in [0.717, 1.165) is 0 Å². The molecule has 0 saturated carbocycles. The summed E-state index contributed by atoms with van der Waals surface area (Å²) in [6.45, 7) is 1.90. The first-order valence-corrected chi connectivity index (χ1v) is 5.56. The largest absolute Gasteiger partial charge is 0.381 e. The van der Waals surface area contributed by atoms with Gasteiger partial charge in [-0.15, -0.1) is 5.10 Å². The summed E-state index contributed by atoms with van der Waals surface area (Å²) in [6.07, 6.45) is 0.620. The molecule has 0 radical (unpaired) electrons. The maximum Gasteiger partial charge on any atom is 0.290 e. The van der Waals surface area contributed by atoms with E-state index in [1.807, 2.05) is 6.92 Å². The predicted molar refractivity (Wildman–Crippen MR) is 66.8 cm³/mol. The topological polar surface area (TPSA) is 99.9 Å². The van der Waals surface area contributed by atoms with Crippen molar-refractivity contribution in [1.82, 2.24) is 15.0 Å². The molecule has 18 heavy (non-hydrogen) atoms. The molecule has 0 bridgehead atoms. The van der Waals surface area contributed by atoms with E-state index in [0.29, 0.717) is 23.6 Å². The van der Waals surface area contributed by atoms with Crippen LogP contribution in [0, 0.1) is 10.1 Å². The number of rotatable bonds is 3. The third kappa shape index (κ3) is 2.00. The van der Waals surface area contributed by atoms with Crippen LogP contribution in [0.3, 0.4) is 0 Å². The zero-order valence-electron chi connectivity index (χ0n) is 9.50. The first kappa shape index (κ1) is 12.3. The summed E-state index contributed by atoms with van der Waals surface area (Å²) in [7, 11) is 0. The molecule has 0 unspecified atom stereocenters. The average molecular weight is 268 g/mol. The third-order valence-corrected chi connectivity index (χ3v) is 2.82. The van der Waals surface area contributed by atoms with Crippen molar-refractivity contribution in [3.63, 3.8) is 0 Å². The molecule has 0 spiro atoms. The van der Waals surface area contributed by atoms with E-state index >= 15 is 0 Å². The van der Waals surface area contributed by atoms with Crippen molar-refractivity contribution < 1.29 is 4.92 Å². The predicted octanol–water partition coefficient (Wildman–Crippen LogP) is 1.97. The number of aromatic nitrogens is 3. The summed E-state index contributed by atoms with van der Waals surface area (Å²) in [5.41, 5.74) is 6.69. The van der Waals surface area contributed by atoms with E-state index in [1.54, 1.807) is 6.07 Å². The van der Waals surface area contributed by atoms with E-state index < -0.39 is 4.92 Å². The van der Waals surface area contributed by atoms with Gasteiger partial charge in [0.05, 0.1) is 16.3 Å². The Morgan fingerprint density at radius 1 is 1.56 bits per heavy atom. The van der Waals surface area contributed by atoms with Gasteiger partial charge in [0.25, 0.3) is 5.69 Å². The zero-order chi connectivity index (χ0) is 13.3. The third-order valence-electron chi connectivity index (χ3n) is 2.50. The van der Waals surface area contributed by atoms with E-state index in [9.17, 15) is 10.1 Å². The average Bonchev–Trinajstić information content (AvgIpc) is 2.70. The highest BCUT2D eigenvalue weighted by Crippen LogP contribution is 2.27. The first-order chi connectivity index (χ1) is 8.54. The lowest BCUT2D eigenvalue weighted by molar-refractivity contribution is -0.384. The Kier molecular flexibility index (Phi) is 3.15. The number of nitro benzene ring substituents is 1. The van der Waals surface area contributed by atoms with Crippen molar-refractivity contribution in [3.8, 4) is 5.69 Å². The number of benzene rings is 1. The van der Waals surface area contributed by atoms with Crippen LogP contribution >= 0.6 is 11.6 Å². The molecule has 8 heteroatoms. The minimum absolute atomic E-state index is 0.0786. The normalized spacial score (nSPS) is 10.6. The fraction of sp³-hybridized carbons (Fsp3) is 0.200. The molecule has 1 aromatic heterocycles. The van der Waals surface area contributed by atoms with Crippen molar-refractivity contribution >= 4 is 23.1 Å². The van der Waals surface area contributed by atoms with Crippen molar-refractivity contribution in [2.45, 2.75) is 13.3 Å². The monoisotopic (exact) mass is 267 g/mol. The molecule has 2 rings (SSSR count). The molecule has 0 atom stereocenters. The Morgan fingerprint density at radius 3 is 2.89 bits per heavy atom. The molecule has 0 saturated heterocycles. The molecule has 2 N–H and O–H groups in total. The number of halogens is 1. The summed E-state index contributed by atoms with van der Waals surface area (Å²) in [5.74, 6) is 0.315. The van der Waals surface area contributed by atoms with Crippen LogP contribution in [-0.2, 0) is 6.42 Å². The molecule has 1 heterocycles. The quantitative estimate of drug-likeness (QED) is 0.677. The fourth-order valence-corrected chi connectivity index (χ4v) is 1.81. The van der Waals surface area contributed by atoms with Crippen LogP contribution in [-0.4, -0.2) is 19.9 Å². The number of nitrogens with two attached hydrogens (primary N) is 1. The molecule has 1 aromatic carbocycles. The number of nitrogens with zero attached hydrogens (tertiary/aromatic N) is 4. The van der Waals surface area contributed by atoms with Crippen LogP contribution in [0.15, 0.2) is 18.2 Å². The SMILES string of the molecule is CCc1c(N)nnn1-c1ccc(Cl)c([N+](=O)[O-])c1. The summed E-state index contributed by atoms with van der Waals surface area (Å²) in [4.78, 5) is 10.3. The summed E-state index contributed by atoms with van der Waals surface area (Å²) in [5, 5.41) is 18.5. The molecular weight excluding hydrogens is 258 g/mol. The minimum atomic E-state index is -0.544.